The van der Waals surface area contributed by atoms with Gasteiger partial charge in [-0.05, 0) is 27.2 Å². The van der Waals surface area contributed by atoms with E-state index in [1.165, 1.54) is 11.1 Å². The third-order valence-corrected chi connectivity index (χ3v) is 1.84. The Morgan fingerprint density at radius 1 is 0.923 bits per heavy atom. The van der Waals surface area contributed by atoms with Crippen molar-refractivity contribution in [1.29, 1.82) is 0 Å². The Morgan fingerprint density at radius 2 is 1.54 bits per heavy atom. The zero-order valence-corrected chi connectivity index (χ0v) is 9.17. The molecule has 0 radical (unpaired) electrons. The Hall–Kier alpha value is -1.04. The first-order chi connectivity index (χ1) is 6.18. The second-order valence-corrected chi connectivity index (χ2v) is 3.26. The lowest BCUT2D eigenvalue weighted by Crippen LogP contribution is -1.71. The molecule has 0 amide bonds. The molecule has 0 heterocycles. The minimum atomic E-state index is 1.10. The second kappa shape index (κ2) is 7.60. The van der Waals surface area contributed by atoms with E-state index in [2.05, 4.69) is 64.2 Å². The van der Waals surface area contributed by atoms with Crippen LogP contribution >= 0.6 is 0 Å². The van der Waals surface area contributed by atoms with E-state index >= 15 is 0 Å². The van der Waals surface area contributed by atoms with Crippen LogP contribution in [0.15, 0.2) is 47.6 Å². The molecule has 0 aliphatic carbocycles. The summed E-state index contributed by atoms with van der Waals surface area (Å²) >= 11 is 0. The van der Waals surface area contributed by atoms with E-state index in [1.54, 1.807) is 0 Å². The van der Waals surface area contributed by atoms with E-state index in [0.717, 1.165) is 6.42 Å². The molecule has 72 valence electrons. The van der Waals surface area contributed by atoms with E-state index in [-0.39, 0.29) is 0 Å². The van der Waals surface area contributed by atoms with Crippen molar-refractivity contribution >= 4 is 0 Å². The molecule has 0 aliphatic heterocycles. The van der Waals surface area contributed by atoms with Gasteiger partial charge in [-0.1, -0.05) is 54.5 Å². The number of hydrogen-bond acceptors (Lipinski definition) is 0. The van der Waals surface area contributed by atoms with Crippen LogP contribution in [0.2, 0.25) is 0 Å². The average Bonchev–Trinajstić information content (AvgIpc) is 2.10. The highest BCUT2D eigenvalue weighted by atomic mass is 13.9. The molecule has 0 aliphatic rings. The van der Waals surface area contributed by atoms with E-state index in [0.29, 0.717) is 0 Å². The third-order valence-electron chi connectivity index (χ3n) is 1.84. The molecule has 0 aromatic heterocycles. The van der Waals surface area contributed by atoms with Crippen molar-refractivity contribution in [2.24, 2.45) is 0 Å². The number of rotatable bonds is 4. The fourth-order valence-corrected chi connectivity index (χ4v) is 0.710. The molecule has 0 saturated carbocycles. The molecule has 13 heavy (non-hydrogen) atoms. The summed E-state index contributed by atoms with van der Waals surface area (Å²) in [5, 5.41) is 0. The molecule has 0 saturated heterocycles. The zero-order chi connectivity index (χ0) is 10.1. The highest BCUT2D eigenvalue weighted by Crippen LogP contribution is 2.02. The van der Waals surface area contributed by atoms with Crippen LogP contribution in [-0.2, 0) is 0 Å². The van der Waals surface area contributed by atoms with Crippen molar-refractivity contribution in [2.45, 2.75) is 34.1 Å². The Morgan fingerprint density at radius 3 is 2.08 bits per heavy atom. The quantitative estimate of drug-likeness (QED) is 0.556. The molecule has 0 aromatic carbocycles. The van der Waals surface area contributed by atoms with Crippen molar-refractivity contribution in [3.63, 3.8) is 0 Å². The highest BCUT2D eigenvalue weighted by Gasteiger charge is 1.81. The molecule has 0 atom stereocenters. The van der Waals surface area contributed by atoms with Crippen LogP contribution in [0.3, 0.4) is 0 Å². The minimum Gasteiger partial charge on any atom is -0.0848 e. The fraction of sp³-hybridized carbons (Fsp3) is 0.385. The fourth-order valence-electron chi connectivity index (χ4n) is 0.710. The summed E-state index contributed by atoms with van der Waals surface area (Å²) in [4.78, 5) is 0. The molecule has 0 rings (SSSR count). The lowest BCUT2D eigenvalue weighted by Gasteiger charge is -1.92. The van der Waals surface area contributed by atoms with Crippen LogP contribution in [-0.4, -0.2) is 0 Å². The summed E-state index contributed by atoms with van der Waals surface area (Å²) in [6, 6.07) is 0. The Labute approximate surface area is 82.4 Å². The first-order valence-corrected chi connectivity index (χ1v) is 4.82. The topological polar surface area (TPSA) is 0 Å². The van der Waals surface area contributed by atoms with Crippen molar-refractivity contribution in [3.8, 4) is 0 Å². The lowest BCUT2D eigenvalue weighted by molar-refractivity contribution is 1.22. The van der Waals surface area contributed by atoms with Gasteiger partial charge in [0.25, 0.3) is 0 Å². The molecule has 0 unspecified atom stereocenters. The Kier molecular flexibility index (Phi) is 6.99. The Balaban J connectivity index is 3.95. The maximum absolute atomic E-state index is 2.14. The SMILES string of the molecule is CCC=CC=CC=CC(C)=C(C)C. The Bertz CT molecular complexity index is 233. The van der Waals surface area contributed by atoms with Gasteiger partial charge < -0.3 is 0 Å². The first kappa shape index (κ1) is 12.0. The molecule has 0 heteroatoms. The van der Waals surface area contributed by atoms with Gasteiger partial charge >= 0.3 is 0 Å². The maximum atomic E-state index is 2.14. The van der Waals surface area contributed by atoms with E-state index in [4.69, 9.17) is 0 Å². The van der Waals surface area contributed by atoms with Gasteiger partial charge in [0.1, 0.15) is 0 Å². The lowest BCUT2D eigenvalue weighted by atomic mass is 10.1. The molecule has 0 aromatic rings. The molecule has 0 spiro atoms. The zero-order valence-electron chi connectivity index (χ0n) is 9.17. The van der Waals surface area contributed by atoms with Gasteiger partial charge in [-0.25, -0.2) is 0 Å². The van der Waals surface area contributed by atoms with Gasteiger partial charge in [-0.3, -0.25) is 0 Å². The van der Waals surface area contributed by atoms with Gasteiger partial charge in [-0.15, -0.1) is 0 Å². The van der Waals surface area contributed by atoms with Gasteiger partial charge in [0.05, 0.1) is 0 Å². The molecule has 0 bridgehead atoms. The van der Waals surface area contributed by atoms with E-state index in [9.17, 15) is 0 Å². The standard InChI is InChI=1S/C13H20/c1-5-6-7-8-9-10-11-13(4)12(2)3/h6-11H,5H2,1-4H3. The van der Waals surface area contributed by atoms with Gasteiger partial charge in [0.2, 0.25) is 0 Å². The van der Waals surface area contributed by atoms with Crippen molar-refractivity contribution in [2.75, 3.05) is 0 Å². The van der Waals surface area contributed by atoms with Crippen LogP contribution in [0.25, 0.3) is 0 Å². The van der Waals surface area contributed by atoms with Gasteiger partial charge in [-0.2, -0.15) is 0 Å². The maximum Gasteiger partial charge on any atom is -0.0376 e. The second-order valence-electron chi connectivity index (χ2n) is 3.26. The summed E-state index contributed by atoms with van der Waals surface area (Å²) in [6.07, 6.45) is 13.6. The summed E-state index contributed by atoms with van der Waals surface area (Å²) in [6.45, 7) is 8.51. The van der Waals surface area contributed by atoms with Crippen LogP contribution < -0.4 is 0 Å². The average molecular weight is 176 g/mol. The van der Waals surface area contributed by atoms with E-state index < -0.39 is 0 Å². The summed E-state index contributed by atoms with van der Waals surface area (Å²) < 4.78 is 0. The largest absolute Gasteiger partial charge is 0.0848 e. The summed E-state index contributed by atoms with van der Waals surface area (Å²) in [7, 11) is 0. The minimum absolute atomic E-state index is 1.10. The summed E-state index contributed by atoms with van der Waals surface area (Å²) in [5.41, 5.74) is 2.71. The van der Waals surface area contributed by atoms with E-state index in [1.807, 2.05) is 0 Å². The van der Waals surface area contributed by atoms with Crippen LogP contribution in [0.5, 0.6) is 0 Å². The van der Waals surface area contributed by atoms with Gasteiger partial charge in [0, 0.05) is 0 Å². The van der Waals surface area contributed by atoms with Gasteiger partial charge in [0.15, 0.2) is 0 Å². The smallest absolute Gasteiger partial charge is 0.0376 e. The molecular weight excluding hydrogens is 156 g/mol. The predicted octanol–water partition coefficient (Wildman–Crippen LogP) is 4.42. The summed E-state index contributed by atoms with van der Waals surface area (Å²) in [5.74, 6) is 0. The first-order valence-electron chi connectivity index (χ1n) is 4.82. The molecule has 0 N–H and O–H groups in total. The normalized spacial score (nSPS) is 12.0. The van der Waals surface area contributed by atoms with Crippen molar-refractivity contribution in [3.05, 3.63) is 47.6 Å². The van der Waals surface area contributed by atoms with Crippen molar-refractivity contribution < 1.29 is 0 Å². The molecule has 0 fully saturated rings. The molecule has 0 nitrogen and oxygen atoms in total. The monoisotopic (exact) mass is 176 g/mol. The van der Waals surface area contributed by atoms with Crippen LogP contribution in [0, 0.1) is 0 Å². The highest BCUT2D eigenvalue weighted by molar-refractivity contribution is 5.24. The number of allylic oxidation sites excluding steroid dienone is 8. The van der Waals surface area contributed by atoms with Crippen LogP contribution in [0.4, 0.5) is 0 Å². The van der Waals surface area contributed by atoms with Crippen LogP contribution in [0.1, 0.15) is 34.1 Å². The number of hydrogen-bond donors (Lipinski definition) is 0. The molecular formula is C13H20. The predicted molar refractivity (Wildman–Crippen MR) is 61.8 cm³/mol. The van der Waals surface area contributed by atoms with Crippen molar-refractivity contribution in [1.82, 2.24) is 0 Å². The third kappa shape index (κ3) is 7.32.